The standard InChI is InChI=1S/C22H33N5O/c1-5-23-21(26-19-16-11-14-28-20(16)22(19,3)4)24-12-8-13-27-15(2)25-17-9-6-7-10-18(17)27/h6-7,9-10,16,19-20H,5,8,11-14H2,1-4H3,(H2,23,24,26). The van der Waals surface area contributed by atoms with Crippen molar-refractivity contribution < 1.29 is 4.74 Å². The van der Waals surface area contributed by atoms with Crippen molar-refractivity contribution >= 4 is 17.0 Å². The molecule has 0 spiro atoms. The molecule has 6 heteroatoms. The van der Waals surface area contributed by atoms with Gasteiger partial charge in [0, 0.05) is 43.6 Å². The number of benzene rings is 1. The van der Waals surface area contributed by atoms with Crippen LogP contribution < -0.4 is 10.6 Å². The van der Waals surface area contributed by atoms with Crippen molar-refractivity contribution in [3.05, 3.63) is 30.1 Å². The summed E-state index contributed by atoms with van der Waals surface area (Å²) in [6, 6.07) is 8.76. The SMILES string of the molecule is CCNC(=NCCCn1c(C)nc2ccccc21)NC1C2CCOC2C1(C)C. The molecule has 2 aliphatic rings. The van der Waals surface area contributed by atoms with E-state index in [2.05, 4.69) is 66.1 Å². The molecule has 3 unspecified atom stereocenters. The molecule has 2 aromatic rings. The van der Waals surface area contributed by atoms with Gasteiger partial charge in [-0.25, -0.2) is 4.98 Å². The van der Waals surface area contributed by atoms with Gasteiger partial charge in [0.15, 0.2) is 5.96 Å². The molecule has 6 nitrogen and oxygen atoms in total. The minimum atomic E-state index is 0.157. The third kappa shape index (κ3) is 3.39. The van der Waals surface area contributed by atoms with E-state index in [-0.39, 0.29) is 5.41 Å². The average molecular weight is 384 g/mol. The highest BCUT2D eigenvalue weighted by Gasteiger charge is 2.59. The Bertz CT molecular complexity index is 856. The average Bonchev–Trinajstić information content (AvgIpc) is 3.26. The number of para-hydroxylation sites is 2. The summed E-state index contributed by atoms with van der Waals surface area (Å²) in [7, 11) is 0. The fourth-order valence-electron chi connectivity index (χ4n) is 4.98. The van der Waals surface area contributed by atoms with Crippen LogP contribution in [0.25, 0.3) is 11.0 Å². The van der Waals surface area contributed by atoms with Crippen molar-refractivity contribution in [2.45, 2.75) is 59.2 Å². The van der Waals surface area contributed by atoms with Crippen LogP contribution in [-0.2, 0) is 11.3 Å². The Morgan fingerprint density at radius 3 is 3.00 bits per heavy atom. The first-order valence-corrected chi connectivity index (χ1v) is 10.6. The van der Waals surface area contributed by atoms with Crippen LogP contribution in [0, 0.1) is 18.3 Å². The molecular weight excluding hydrogens is 350 g/mol. The summed E-state index contributed by atoms with van der Waals surface area (Å²) in [5, 5.41) is 7.10. The van der Waals surface area contributed by atoms with Crippen molar-refractivity contribution in [2.24, 2.45) is 16.3 Å². The van der Waals surface area contributed by atoms with Crippen molar-refractivity contribution in [1.82, 2.24) is 20.2 Å². The van der Waals surface area contributed by atoms with Gasteiger partial charge in [0.2, 0.25) is 0 Å². The number of aliphatic imine (C=N–C) groups is 1. The molecule has 3 atom stereocenters. The number of imidazole rings is 1. The first kappa shape index (κ1) is 19.2. The topological polar surface area (TPSA) is 63.5 Å². The maximum absolute atomic E-state index is 5.92. The number of aryl methyl sites for hydroxylation is 2. The summed E-state index contributed by atoms with van der Waals surface area (Å²) in [4.78, 5) is 9.50. The normalized spacial score (nSPS) is 26.1. The highest BCUT2D eigenvalue weighted by Crippen LogP contribution is 2.52. The van der Waals surface area contributed by atoms with E-state index < -0.39 is 0 Å². The monoisotopic (exact) mass is 383 g/mol. The number of guanidine groups is 1. The Morgan fingerprint density at radius 1 is 1.36 bits per heavy atom. The van der Waals surface area contributed by atoms with E-state index in [0.29, 0.717) is 18.1 Å². The largest absolute Gasteiger partial charge is 0.377 e. The molecule has 1 aliphatic heterocycles. The number of nitrogens with one attached hydrogen (secondary N) is 2. The lowest BCUT2D eigenvalue weighted by molar-refractivity contribution is -0.106. The van der Waals surface area contributed by atoms with Crippen LogP contribution in [0.3, 0.4) is 0 Å². The molecule has 1 saturated carbocycles. The number of hydrogen-bond donors (Lipinski definition) is 2. The number of aromatic nitrogens is 2. The Kier molecular flexibility index (Phi) is 5.32. The molecule has 1 aromatic carbocycles. The highest BCUT2D eigenvalue weighted by atomic mass is 16.5. The van der Waals surface area contributed by atoms with Crippen LogP contribution in [0.5, 0.6) is 0 Å². The summed E-state index contributed by atoms with van der Waals surface area (Å²) in [6.07, 6.45) is 2.53. The molecule has 0 amide bonds. The third-order valence-electron chi connectivity index (χ3n) is 6.39. The van der Waals surface area contributed by atoms with Gasteiger partial charge in [-0.2, -0.15) is 0 Å². The lowest BCUT2D eigenvalue weighted by Gasteiger charge is -2.54. The summed E-state index contributed by atoms with van der Waals surface area (Å²) in [6.45, 7) is 12.3. The van der Waals surface area contributed by atoms with Gasteiger partial charge < -0.3 is 19.9 Å². The minimum absolute atomic E-state index is 0.157. The zero-order valence-corrected chi connectivity index (χ0v) is 17.5. The lowest BCUT2D eigenvalue weighted by Crippen LogP contribution is -2.67. The van der Waals surface area contributed by atoms with Gasteiger partial charge in [0.05, 0.1) is 17.1 Å². The third-order valence-corrected chi connectivity index (χ3v) is 6.39. The first-order valence-electron chi connectivity index (χ1n) is 10.6. The van der Waals surface area contributed by atoms with Gasteiger partial charge in [0.1, 0.15) is 5.82 Å². The van der Waals surface area contributed by atoms with E-state index in [1.165, 1.54) is 5.52 Å². The van der Waals surface area contributed by atoms with Gasteiger partial charge in [-0.1, -0.05) is 26.0 Å². The van der Waals surface area contributed by atoms with Crippen molar-refractivity contribution in [1.29, 1.82) is 0 Å². The Morgan fingerprint density at radius 2 is 2.18 bits per heavy atom. The molecule has 2 heterocycles. The minimum Gasteiger partial charge on any atom is -0.377 e. The predicted octanol–water partition coefficient (Wildman–Crippen LogP) is 3.10. The fraction of sp³-hybridized carbons (Fsp3) is 0.636. The summed E-state index contributed by atoms with van der Waals surface area (Å²) in [5.74, 6) is 2.61. The number of ether oxygens (including phenoxy) is 1. The molecule has 1 saturated heterocycles. The van der Waals surface area contributed by atoms with Gasteiger partial charge in [0.25, 0.3) is 0 Å². The molecule has 4 rings (SSSR count). The zero-order valence-electron chi connectivity index (χ0n) is 17.5. The molecule has 1 aliphatic carbocycles. The second-order valence-electron chi connectivity index (χ2n) is 8.60. The van der Waals surface area contributed by atoms with E-state index in [4.69, 9.17) is 9.73 Å². The van der Waals surface area contributed by atoms with Crippen molar-refractivity contribution in [2.75, 3.05) is 19.7 Å². The van der Waals surface area contributed by atoms with Crippen LogP contribution in [0.15, 0.2) is 29.3 Å². The summed E-state index contributed by atoms with van der Waals surface area (Å²) in [5.41, 5.74) is 2.43. The van der Waals surface area contributed by atoms with E-state index in [1.54, 1.807) is 0 Å². The van der Waals surface area contributed by atoms with Crippen LogP contribution in [0.4, 0.5) is 0 Å². The second kappa shape index (κ2) is 7.74. The van der Waals surface area contributed by atoms with E-state index >= 15 is 0 Å². The molecular formula is C22H33N5O. The second-order valence-corrected chi connectivity index (χ2v) is 8.60. The van der Waals surface area contributed by atoms with Gasteiger partial charge in [-0.15, -0.1) is 0 Å². The highest BCUT2D eigenvalue weighted by molar-refractivity contribution is 5.80. The molecule has 28 heavy (non-hydrogen) atoms. The van der Waals surface area contributed by atoms with Gasteiger partial charge >= 0.3 is 0 Å². The number of hydrogen-bond acceptors (Lipinski definition) is 3. The van der Waals surface area contributed by atoms with Crippen molar-refractivity contribution in [3.8, 4) is 0 Å². The molecule has 1 aromatic heterocycles. The number of rotatable bonds is 6. The summed E-state index contributed by atoms with van der Waals surface area (Å²) >= 11 is 0. The Labute approximate surface area is 167 Å². The Balaban J connectivity index is 1.37. The van der Waals surface area contributed by atoms with Crippen LogP contribution in [0.1, 0.15) is 39.4 Å². The predicted molar refractivity (Wildman–Crippen MR) is 114 cm³/mol. The smallest absolute Gasteiger partial charge is 0.191 e. The van der Waals surface area contributed by atoms with Crippen LogP contribution in [0.2, 0.25) is 0 Å². The number of fused-ring (bicyclic) bond motifs is 2. The lowest BCUT2D eigenvalue weighted by atomic mass is 9.57. The zero-order chi connectivity index (χ0) is 19.7. The first-order chi connectivity index (χ1) is 13.5. The number of nitrogens with zero attached hydrogens (tertiary/aromatic N) is 3. The van der Waals surface area contributed by atoms with Crippen LogP contribution >= 0.6 is 0 Å². The summed E-state index contributed by atoms with van der Waals surface area (Å²) < 4.78 is 8.21. The molecule has 152 valence electrons. The maximum atomic E-state index is 5.92. The van der Waals surface area contributed by atoms with Crippen molar-refractivity contribution in [3.63, 3.8) is 0 Å². The van der Waals surface area contributed by atoms with E-state index in [1.807, 2.05) is 6.07 Å². The maximum Gasteiger partial charge on any atom is 0.191 e. The molecule has 2 N–H and O–H groups in total. The molecule has 0 radical (unpaired) electrons. The molecule has 0 bridgehead atoms. The molecule has 2 fully saturated rings. The van der Waals surface area contributed by atoms with Gasteiger partial charge in [-0.05, 0) is 38.8 Å². The quantitative estimate of drug-likeness (QED) is 0.457. The van der Waals surface area contributed by atoms with E-state index in [9.17, 15) is 0 Å². The van der Waals surface area contributed by atoms with Crippen LogP contribution in [-0.4, -0.2) is 47.4 Å². The van der Waals surface area contributed by atoms with E-state index in [0.717, 1.165) is 56.4 Å². The fourth-order valence-corrected chi connectivity index (χ4v) is 4.98. The Hall–Kier alpha value is -2.08. The van der Waals surface area contributed by atoms with Gasteiger partial charge in [-0.3, -0.25) is 4.99 Å².